The van der Waals surface area contributed by atoms with Gasteiger partial charge in [0.2, 0.25) is 0 Å². The first-order valence-corrected chi connectivity index (χ1v) is 5.64. The molecule has 2 amide bonds. The average Bonchev–Trinajstić information content (AvgIpc) is 2.23. The standard InChI is InChI=1S/C11H22N2O4/c1-8(2)9(3)12-11(16)13(5-6-17-4)7-10(14)15/h8-9H,5-7H2,1-4H3,(H,12,16)(H,14,15). The quantitative estimate of drug-likeness (QED) is 0.695. The highest BCUT2D eigenvalue weighted by Gasteiger charge is 2.19. The third kappa shape index (κ3) is 6.78. The highest BCUT2D eigenvalue weighted by Crippen LogP contribution is 2.01. The molecule has 0 aromatic heterocycles. The first-order chi connectivity index (χ1) is 7.88. The van der Waals surface area contributed by atoms with Gasteiger partial charge in [-0.3, -0.25) is 4.79 Å². The van der Waals surface area contributed by atoms with E-state index in [1.54, 1.807) is 0 Å². The van der Waals surface area contributed by atoms with E-state index in [1.807, 2.05) is 20.8 Å². The molecule has 1 atom stereocenters. The predicted octanol–water partition coefficient (Wildman–Crippen LogP) is 0.773. The maximum absolute atomic E-state index is 11.8. The number of carboxylic acid groups (broad SMARTS) is 1. The molecule has 0 aromatic carbocycles. The summed E-state index contributed by atoms with van der Waals surface area (Å²) in [4.78, 5) is 23.7. The lowest BCUT2D eigenvalue weighted by Crippen LogP contribution is -2.48. The predicted molar refractivity (Wildman–Crippen MR) is 63.9 cm³/mol. The van der Waals surface area contributed by atoms with Gasteiger partial charge in [0.25, 0.3) is 0 Å². The zero-order valence-electron chi connectivity index (χ0n) is 10.9. The lowest BCUT2D eigenvalue weighted by atomic mass is 10.1. The zero-order valence-corrected chi connectivity index (χ0v) is 10.9. The van der Waals surface area contributed by atoms with Gasteiger partial charge in [-0.15, -0.1) is 0 Å². The molecule has 2 N–H and O–H groups in total. The van der Waals surface area contributed by atoms with Gasteiger partial charge in [-0.2, -0.15) is 0 Å². The number of nitrogens with one attached hydrogen (secondary N) is 1. The maximum Gasteiger partial charge on any atom is 0.323 e. The summed E-state index contributed by atoms with van der Waals surface area (Å²) in [6.07, 6.45) is 0. The van der Waals surface area contributed by atoms with Crippen molar-refractivity contribution in [3.05, 3.63) is 0 Å². The molecule has 1 unspecified atom stereocenters. The van der Waals surface area contributed by atoms with Crippen molar-refractivity contribution in [3.63, 3.8) is 0 Å². The number of amides is 2. The molecule has 0 aliphatic heterocycles. The van der Waals surface area contributed by atoms with Crippen molar-refractivity contribution in [2.24, 2.45) is 5.92 Å². The summed E-state index contributed by atoms with van der Waals surface area (Å²) in [6, 6.07) is -0.369. The van der Waals surface area contributed by atoms with Crippen molar-refractivity contribution in [3.8, 4) is 0 Å². The fraction of sp³-hybridized carbons (Fsp3) is 0.818. The minimum atomic E-state index is -1.03. The van der Waals surface area contributed by atoms with Crippen LogP contribution in [0, 0.1) is 5.92 Å². The van der Waals surface area contributed by atoms with Gasteiger partial charge in [0.1, 0.15) is 6.54 Å². The monoisotopic (exact) mass is 246 g/mol. The number of ether oxygens (including phenoxy) is 1. The van der Waals surface area contributed by atoms with Crippen molar-refractivity contribution in [1.82, 2.24) is 10.2 Å². The molecule has 0 aliphatic rings. The largest absolute Gasteiger partial charge is 0.480 e. The van der Waals surface area contributed by atoms with Crippen molar-refractivity contribution >= 4 is 12.0 Å². The van der Waals surface area contributed by atoms with E-state index in [4.69, 9.17) is 9.84 Å². The molecular weight excluding hydrogens is 224 g/mol. The molecule has 0 bridgehead atoms. The number of aliphatic carboxylic acids is 1. The second-order valence-corrected chi connectivity index (χ2v) is 4.29. The Labute approximate surface area is 102 Å². The summed E-state index contributed by atoms with van der Waals surface area (Å²) in [7, 11) is 1.51. The van der Waals surface area contributed by atoms with Gasteiger partial charge in [-0.1, -0.05) is 13.8 Å². The summed E-state index contributed by atoms with van der Waals surface area (Å²) in [6.45, 7) is 6.12. The molecule has 0 aromatic rings. The van der Waals surface area contributed by atoms with Gasteiger partial charge in [-0.25, -0.2) is 4.79 Å². The number of hydrogen-bond donors (Lipinski definition) is 2. The topological polar surface area (TPSA) is 78.9 Å². The van der Waals surface area contributed by atoms with E-state index in [9.17, 15) is 9.59 Å². The van der Waals surface area contributed by atoms with Crippen LogP contribution in [0.5, 0.6) is 0 Å². The van der Waals surface area contributed by atoms with Gasteiger partial charge in [0.05, 0.1) is 6.61 Å². The summed E-state index contributed by atoms with van der Waals surface area (Å²) in [5.74, 6) is -0.735. The van der Waals surface area contributed by atoms with Crippen LogP contribution in [0.25, 0.3) is 0 Å². The number of methoxy groups -OCH3 is 1. The molecule has 0 saturated carbocycles. The molecule has 6 nitrogen and oxygen atoms in total. The number of nitrogens with zero attached hydrogens (tertiary/aromatic N) is 1. The Bertz CT molecular complexity index is 256. The van der Waals surface area contributed by atoms with Crippen LogP contribution < -0.4 is 5.32 Å². The smallest absolute Gasteiger partial charge is 0.323 e. The Morgan fingerprint density at radius 1 is 1.35 bits per heavy atom. The van der Waals surface area contributed by atoms with Crippen molar-refractivity contribution in [1.29, 1.82) is 0 Å². The van der Waals surface area contributed by atoms with Crippen molar-refractivity contribution < 1.29 is 19.4 Å². The summed E-state index contributed by atoms with van der Waals surface area (Å²) >= 11 is 0. The van der Waals surface area contributed by atoms with Gasteiger partial charge in [-0.05, 0) is 12.8 Å². The molecule has 0 radical (unpaired) electrons. The van der Waals surface area contributed by atoms with Gasteiger partial charge < -0.3 is 20.1 Å². The van der Waals surface area contributed by atoms with Crippen molar-refractivity contribution in [2.45, 2.75) is 26.8 Å². The third-order valence-electron chi connectivity index (χ3n) is 2.53. The number of carbonyl (C=O) groups is 2. The van der Waals surface area contributed by atoms with Crippen LogP contribution in [0.15, 0.2) is 0 Å². The molecule has 0 rings (SSSR count). The van der Waals surface area contributed by atoms with Gasteiger partial charge >= 0.3 is 12.0 Å². The van der Waals surface area contributed by atoms with Gasteiger partial charge in [0.15, 0.2) is 0 Å². The van der Waals surface area contributed by atoms with Crippen LogP contribution >= 0.6 is 0 Å². The lowest BCUT2D eigenvalue weighted by molar-refractivity contribution is -0.137. The van der Waals surface area contributed by atoms with E-state index in [-0.39, 0.29) is 25.2 Å². The Balaban J connectivity index is 4.35. The molecule has 17 heavy (non-hydrogen) atoms. The summed E-state index contributed by atoms with van der Waals surface area (Å²) < 4.78 is 4.84. The summed E-state index contributed by atoms with van der Waals surface area (Å²) in [5, 5.41) is 11.5. The molecule has 0 saturated heterocycles. The van der Waals surface area contributed by atoms with Crippen LogP contribution in [0.3, 0.4) is 0 Å². The van der Waals surface area contributed by atoms with E-state index in [0.29, 0.717) is 12.5 Å². The second kappa shape index (κ2) is 7.89. The first-order valence-electron chi connectivity index (χ1n) is 5.64. The van der Waals surface area contributed by atoms with E-state index in [0.717, 1.165) is 0 Å². The Morgan fingerprint density at radius 2 is 1.94 bits per heavy atom. The number of urea groups is 1. The maximum atomic E-state index is 11.8. The zero-order chi connectivity index (χ0) is 13.4. The number of carbonyl (C=O) groups excluding carboxylic acids is 1. The highest BCUT2D eigenvalue weighted by atomic mass is 16.5. The first kappa shape index (κ1) is 15.7. The Kier molecular flexibility index (Phi) is 7.29. The average molecular weight is 246 g/mol. The molecule has 6 heteroatoms. The van der Waals surface area contributed by atoms with E-state index < -0.39 is 5.97 Å². The van der Waals surface area contributed by atoms with Crippen LogP contribution in [-0.2, 0) is 9.53 Å². The number of carboxylic acids is 1. The SMILES string of the molecule is COCCN(CC(=O)O)C(=O)NC(C)C(C)C. The van der Waals surface area contributed by atoms with Crippen LogP contribution in [-0.4, -0.2) is 54.9 Å². The fourth-order valence-corrected chi connectivity index (χ4v) is 1.07. The van der Waals surface area contributed by atoms with Crippen LogP contribution in [0.2, 0.25) is 0 Å². The Hall–Kier alpha value is -1.30. The molecule has 0 fully saturated rings. The number of rotatable bonds is 7. The minimum Gasteiger partial charge on any atom is -0.480 e. The molecule has 0 spiro atoms. The lowest BCUT2D eigenvalue weighted by Gasteiger charge is -2.25. The second-order valence-electron chi connectivity index (χ2n) is 4.29. The number of hydrogen-bond acceptors (Lipinski definition) is 3. The molecule has 0 aliphatic carbocycles. The van der Waals surface area contributed by atoms with E-state index >= 15 is 0 Å². The third-order valence-corrected chi connectivity index (χ3v) is 2.53. The van der Waals surface area contributed by atoms with Gasteiger partial charge in [0, 0.05) is 19.7 Å². The van der Waals surface area contributed by atoms with Crippen molar-refractivity contribution in [2.75, 3.05) is 26.8 Å². The normalized spacial score (nSPS) is 12.3. The molecular formula is C11H22N2O4. The Morgan fingerprint density at radius 3 is 2.35 bits per heavy atom. The van der Waals surface area contributed by atoms with E-state index in [1.165, 1.54) is 12.0 Å². The molecule has 0 heterocycles. The molecule has 100 valence electrons. The fourth-order valence-electron chi connectivity index (χ4n) is 1.07. The van der Waals surface area contributed by atoms with E-state index in [2.05, 4.69) is 5.32 Å². The van der Waals surface area contributed by atoms with Crippen LogP contribution in [0.4, 0.5) is 4.79 Å². The highest BCUT2D eigenvalue weighted by molar-refractivity contribution is 5.80. The summed E-state index contributed by atoms with van der Waals surface area (Å²) in [5.41, 5.74) is 0. The minimum absolute atomic E-state index is 0.00124. The van der Waals surface area contributed by atoms with Crippen LogP contribution in [0.1, 0.15) is 20.8 Å².